The van der Waals surface area contributed by atoms with Crippen molar-refractivity contribution in [3.8, 4) is 11.4 Å². The smallest absolute Gasteiger partial charge is 0.196 e. The SMILES string of the molecule is C1=C(c2ccccc2)NC(c2ccccc2)N=C1c1ccc(-n2c3ccccc3c3c4c(ccc32)NC(c2ccccc2)O4)cc1. The van der Waals surface area contributed by atoms with Crippen LogP contribution in [0.3, 0.4) is 0 Å². The molecule has 2 aliphatic heterocycles. The third-order valence-corrected chi connectivity index (χ3v) is 8.88. The van der Waals surface area contributed by atoms with Gasteiger partial charge in [-0.05, 0) is 53.1 Å². The summed E-state index contributed by atoms with van der Waals surface area (Å²) in [4.78, 5) is 5.16. The second-order valence-electron chi connectivity index (χ2n) is 11.7. The summed E-state index contributed by atoms with van der Waals surface area (Å²) in [6.45, 7) is 0. The Hall–Kier alpha value is -6.07. The molecule has 2 atom stereocenters. The molecule has 0 saturated heterocycles. The topological polar surface area (TPSA) is 50.6 Å². The number of anilines is 1. The second kappa shape index (κ2) is 10.8. The third kappa shape index (κ3) is 4.44. The fourth-order valence-electron chi connectivity index (χ4n) is 6.66. The van der Waals surface area contributed by atoms with Crippen LogP contribution in [-0.2, 0) is 0 Å². The number of fused-ring (bicyclic) bond motifs is 5. The Labute approximate surface area is 267 Å². The average molecular weight is 595 g/mol. The van der Waals surface area contributed by atoms with Crippen molar-refractivity contribution in [1.82, 2.24) is 9.88 Å². The summed E-state index contributed by atoms with van der Waals surface area (Å²) < 4.78 is 8.93. The predicted octanol–water partition coefficient (Wildman–Crippen LogP) is 9.42. The van der Waals surface area contributed by atoms with Crippen molar-refractivity contribution >= 4 is 38.9 Å². The van der Waals surface area contributed by atoms with Crippen LogP contribution in [0.2, 0.25) is 0 Å². The van der Waals surface area contributed by atoms with Crippen molar-refractivity contribution < 1.29 is 4.74 Å². The quantitative estimate of drug-likeness (QED) is 0.209. The van der Waals surface area contributed by atoms with E-state index in [0.29, 0.717) is 0 Å². The van der Waals surface area contributed by atoms with E-state index < -0.39 is 0 Å². The van der Waals surface area contributed by atoms with Crippen molar-refractivity contribution in [3.05, 3.63) is 180 Å². The van der Waals surface area contributed by atoms with Crippen LogP contribution in [0.15, 0.2) is 163 Å². The van der Waals surface area contributed by atoms with E-state index in [1.807, 2.05) is 30.3 Å². The molecule has 2 N–H and O–H groups in total. The van der Waals surface area contributed by atoms with Crippen LogP contribution in [0.4, 0.5) is 5.69 Å². The highest BCUT2D eigenvalue weighted by atomic mass is 16.5. The maximum Gasteiger partial charge on any atom is 0.196 e. The predicted molar refractivity (Wildman–Crippen MR) is 187 cm³/mol. The number of benzene rings is 6. The first-order valence-electron chi connectivity index (χ1n) is 15.6. The summed E-state index contributed by atoms with van der Waals surface area (Å²) in [6, 6.07) is 52.8. The van der Waals surface area contributed by atoms with Crippen molar-refractivity contribution in [2.75, 3.05) is 5.32 Å². The highest BCUT2D eigenvalue weighted by molar-refractivity contribution is 6.15. The molecule has 0 amide bonds. The number of hydrogen-bond donors (Lipinski definition) is 2. The summed E-state index contributed by atoms with van der Waals surface area (Å²) in [5.41, 5.74) is 10.8. The number of rotatable bonds is 5. The maximum absolute atomic E-state index is 6.60. The largest absolute Gasteiger partial charge is 0.464 e. The Bertz CT molecular complexity index is 2270. The van der Waals surface area contributed by atoms with E-state index in [9.17, 15) is 0 Å². The Morgan fingerprint density at radius 1 is 0.565 bits per heavy atom. The van der Waals surface area contributed by atoms with Crippen LogP contribution >= 0.6 is 0 Å². The molecule has 2 unspecified atom stereocenters. The molecule has 5 nitrogen and oxygen atoms in total. The molecule has 7 aromatic rings. The molecule has 2 aliphatic rings. The second-order valence-corrected chi connectivity index (χ2v) is 11.7. The number of para-hydroxylation sites is 1. The first-order valence-corrected chi connectivity index (χ1v) is 15.6. The number of aromatic nitrogens is 1. The number of ether oxygens (including phenoxy) is 1. The number of nitrogens with one attached hydrogen (secondary N) is 2. The molecule has 9 rings (SSSR count). The lowest BCUT2D eigenvalue weighted by Crippen LogP contribution is -2.24. The standard InChI is InChI=1S/C41H30N4O/c1-4-12-27(13-5-1)34-26-35(43-40(42-34)29-14-6-2-7-15-29)28-20-22-31(23-21-28)45-36-19-11-10-18-32(36)38-37(45)25-24-33-39(38)46-41(44-33)30-16-8-3-9-17-30/h1-26,40-42,44H. The summed E-state index contributed by atoms with van der Waals surface area (Å²) in [5, 5.41) is 9.50. The van der Waals surface area contributed by atoms with Gasteiger partial charge in [-0.25, -0.2) is 0 Å². The van der Waals surface area contributed by atoms with Gasteiger partial charge in [-0.2, -0.15) is 0 Å². The van der Waals surface area contributed by atoms with Crippen LogP contribution in [0, 0.1) is 0 Å². The average Bonchev–Trinajstić information content (AvgIpc) is 3.72. The van der Waals surface area contributed by atoms with E-state index >= 15 is 0 Å². The van der Waals surface area contributed by atoms with Gasteiger partial charge in [0.2, 0.25) is 0 Å². The van der Waals surface area contributed by atoms with Crippen LogP contribution in [0.1, 0.15) is 34.6 Å². The lowest BCUT2D eigenvalue weighted by Gasteiger charge is -2.25. The van der Waals surface area contributed by atoms with Crippen LogP contribution < -0.4 is 15.4 Å². The third-order valence-electron chi connectivity index (χ3n) is 8.88. The van der Waals surface area contributed by atoms with Gasteiger partial charge in [-0.3, -0.25) is 4.99 Å². The number of allylic oxidation sites excluding steroid dienone is 1. The Balaban J connectivity index is 1.13. The minimum Gasteiger partial charge on any atom is -0.464 e. The Kier molecular flexibility index (Phi) is 6.20. The van der Waals surface area contributed by atoms with Gasteiger partial charge in [0.25, 0.3) is 0 Å². The minimum absolute atomic E-state index is 0.177. The monoisotopic (exact) mass is 594 g/mol. The Morgan fingerprint density at radius 3 is 2.00 bits per heavy atom. The van der Waals surface area contributed by atoms with Crippen LogP contribution in [-0.4, -0.2) is 10.3 Å². The van der Waals surface area contributed by atoms with Crippen molar-refractivity contribution in [2.24, 2.45) is 4.99 Å². The summed E-state index contributed by atoms with van der Waals surface area (Å²) >= 11 is 0. The Morgan fingerprint density at radius 2 is 1.24 bits per heavy atom. The van der Waals surface area contributed by atoms with E-state index in [2.05, 4.69) is 143 Å². The van der Waals surface area contributed by atoms with Gasteiger partial charge in [-0.1, -0.05) is 121 Å². The van der Waals surface area contributed by atoms with Gasteiger partial charge < -0.3 is 19.9 Å². The van der Waals surface area contributed by atoms with Crippen molar-refractivity contribution in [3.63, 3.8) is 0 Å². The number of hydrogen-bond acceptors (Lipinski definition) is 4. The molecular weight excluding hydrogens is 564 g/mol. The molecule has 3 heterocycles. The highest BCUT2D eigenvalue weighted by Crippen LogP contribution is 2.47. The van der Waals surface area contributed by atoms with Crippen molar-refractivity contribution in [1.29, 1.82) is 0 Å². The summed E-state index contributed by atoms with van der Waals surface area (Å²) in [5.74, 6) is 0.896. The first-order chi connectivity index (χ1) is 22.8. The van der Waals surface area contributed by atoms with Gasteiger partial charge in [0.15, 0.2) is 12.0 Å². The molecule has 5 heteroatoms. The van der Waals surface area contributed by atoms with E-state index in [0.717, 1.165) is 72.6 Å². The molecule has 0 fully saturated rings. The van der Waals surface area contributed by atoms with Gasteiger partial charge in [0, 0.05) is 22.3 Å². The van der Waals surface area contributed by atoms with Crippen molar-refractivity contribution in [2.45, 2.75) is 12.4 Å². The van der Waals surface area contributed by atoms with E-state index in [1.54, 1.807) is 0 Å². The maximum atomic E-state index is 6.60. The first kappa shape index (κ1) is 26.3. The highest BCUT2D eigenvalue weighted by Gasteiger charge is 2.28. The van der Waals surface area contributed by atoms with E-state index in [4.69, 9.17) is 9.73 Å². The molecule has 220 valence electrons. The molecule has 1 aromatic heterocycles. The molecule has 0 aliphatic carbocycles. The fourth-order valence-corrected chi connectivity index (χ4v) is 6.66. The molecule has 0 bridgehead atoms. The van der Waals surface area contributed by atoms with Gasteiger partial charge >= 0.3 is 0 Å². The van der Waals surface area contributed by atoms with E-state index in [-0.39, 0.29) is 12.4 Å². The van der Waals surface area contributed by atoms with Crippen LogP contribution in [0.25, 0.3) is 33.2 Å². The van der Waals surface area contributed by atoms with Gasteiger partial charge in [0.05, 0.1) is 27.8 Å². The fraction of sp³-hybridized carbons (Fsp3) is 0.0488. The zero-order valence-corrected chi connectivity index (χ0v) is 25.0. The number of nitrogens with zero attached hydrogens (tertiary/aromatic N) is 2. The molecular formula is C41H30N4O. The molecule has 46 heavy (non-hydrogen) atoms. The molecule has 6 aromatic carbocycles. The van der Waals surface area contributed by atoms with Gasteiger partial charge in [-0.15, -0.1) is 0 Å². The van der Waals surface area contributed by atoms with Gasteiger partial charge in [0.1, 0.15) is 6.17 Å². The number of aliphatic imine (C=N–C) groups is 1. The zero-order chi connectivity index (χ0) is 30.5. The minimum atomic E-state index is -0.220. The summed E-state index contributed by atoms with van der Waals surface area (Å²) in [7, 11) is 0. The zero-order valence-electron chi connectivity index (χ0n) is 25.0. The molecule has 0 saturated carbocycles. The molecule has 0 spiro atoms. The normalized spacial score (nSPS) is 17.0. The van der Waals surface area contributed by atoms with Crippen LogP contribution in [0.5, 0.6) is 5.75 Å². The lowest BCUT2D eigenvalue weighted by molar-refractivity contribution is 0.263. The van der Waals surface area contributed by atoms with E-state index in [1.165, 1.54) is 0 Å². The summed E-state index contributed by atoms with van der Waals surface area (Å²) in [6.07, 6.45) is 1.76. The molecule has 0 radical (unpaired) electrons. The lowest BCUT2D eigenvalue weighted by atomic mass is 10.0.